The third kappa shape index (κ3) is 1.50. The lowest BCUT2D eigenvalue weighted by atomic mass is 10.0. The van der Waals surface area contributed by atoms with Gasteiger partial charge in [-0.15, -0.1) is 0 Å². The van der Waals surface area contributed by atoms with Crippen molar-refractivity contribution in [3.05, 3.63) is 0 Å². The lowest BCUT2D eigenvalue weighted by molar-refractivity contribution is -0.0587. The molecule has 0 spiro atoms. The standard InChI is InChI=1S/C8H16O2/c1-9-7-8(10-2)5-3-4-6-8/h3-7H2,1-2H3. The quantitative estimate of drug-likeness (QED) is 0.599. The largest absolute Gasteiger partial charge is 0.382 e. The van der Waals surface area contributed by atoms with Gasteiger partial charge in [-0.1, -0.05) is 12.8 Å². The van der Waals surface area contributed by atoms with E-state index in [4.69, 9.17) is 9.47 Å². The SMILES string of the molecule is COCC1(OC)CCCC1. The highest BCUT2D eigenvalue weighted by Crippen LogP contribution is 2.32. The van der Waals surface area contributed by atoms with E-state index >= 15 is 0 Å². The minimum Gasteiger partial charge on any atom is -0.382 e. The first-order chi connectivity index (χ1) is 4.83. The van der Waals surface area contributed by atoms with E-state index in [0.717, 1.165) is 19.4 Å². The second-order valence-electron chi connectivity index (χ2n) is 3.03. The van der Waals surface area contributed by atoms with Crippen LogP contribution in [0.5, 0.6) is 0 Å². The van der Waals surface area contributed by atoms with Gasteiger partial charge in [0.1, 0.15) is 0 Å². The summed E-state index contributed by atoms with van der Waals surface area (Å²) in [6, 6.07) is 0. The van der Waals surface area contributed by atoms with Crippen molar-refractivity contribution in [2.45, 2.75) is 31.3 Å². The molecule has 2 heteroatoms. The van der Waals surface area contributed by atoms with Gasteiger partial charge in [0, 0.05) is 14.2 Å². The highest BCUT2D eigenvalue weighted by Gasteiger charge is 2.33. The molecule has 0 atom stereocenters. The fraction of sp³-hybridized carbons (Fsp3) is 1.00. The normalized spacial score (nSPS) is 23.4. The summed E-state index contributed by atoms with van der Waals surface area (Å²) in [4.78, 5) is 0. The molecular weight excluding hydrogens is 128 g/mol. The molecule has 0 unspecified atom stereocenters. The van der Waals surface area contributed by atoms with Gasteiger partial charge in [0.25, 0.3) is 0 Å². The van der Waals surface area contributed by atoms with Crippen molar-refractivity contribution >= 4 is 0 Å². The molecule has 10 heavy (non-hydrogen) atoms. The number of hydrogen-bond donors (Lipinski definition) is 0. The summed E-state index contributed by atoms with van der Waals surface area (Å²) in [6.45, 7) is 0.753. The van der Waals surface area contributed by atoms with Crippen LogP contribution in [0.3, 0.4) is 0 Å². The average Bonchev–Trinajstić information content (AvgIpc) is 2.39. The van der Waals surface area contributed by atoms with E-state index in [1.807, 2.05) is 0 Å². The van der Waals surface area contributed by atoms with Gasteiger partial charge < -0.3 is 9.47 Å². The van der Waals surface area contributed by atoms with Crippen LogP contribution in [0.15, 0.2) is 0 Å². The lowest BCUT2D eigenvalue weighted by Crippen LogP contribution is -2.32. The van der Waals surface area contributed by atoms with Gasteiger partial charge in [-0.05, 0) is 12.8 Å². The zero-order valence-electron chi connectivity index (χ0n) is 6.85. The average molecular weight is 144 g/mol. The van der Waals surface area contributed by atoms with Crippen LogP contribution in [0, 0.1) is 0 Å². The Kier molecular flexibility index (Phi) is 2.69. The van der Waals surface area contributed by atoms with Gasteiger partial charge >= 0.3 is 0 Å². The van der Waals surface area contributed by atoms with Crippen LogP contribution in [0.4, 0.5) is 0 Å². The molecule has 0 radical (unpaired) electrons. The Morgan fingerprint density at radius 2 is 1.80 bits per heavy atom. The van der Waals surface area contributed by atoms with Gasteiger partial charge in [0.2, 0.25) is 0 Å². The molecule has 0 aliphatic heterocycles. The molecule has 0 aromatic carbocycles. The maximum atomic E-state index is 5.41. The highest BCUT2D eigenvalue weighted by atomic mass is 16.5. The number of methoxy groups -OCH3 is 2. The molecule has 0 aromatic rings. The molecule has 0 amide bonds. The lowest BCUT2D eigenvalue weighted by Gasteiger charge is -2.25. The Hall–Kier alpha value is -0.0800. The smallest absolute Gasteiger partial charge is 0.0910 e. The summed E-state index contributed by atoms with van der Waals surface area (Å²) in [5.74, 6) is 0. The molecule has 0 aromatic heterocycles. The van der Waals surface area contributed by atoms with E-state index in [1.165, 1.54) is 12.8 Å². The van der Waals surface area contributed by atoms with E-state index in [-0.39, 0.29) is 5.60 Å². The summed E-state index contributed by atoms with van der Waals surface area (Å²) in [6.07, 6.45) is 4.91. The number of ether oxygens (including phenoxy) is 2. The van der Waals surface area contributed by atoms with Gasteiger partial charge in [0.15, 0.2) is 0 Å². The molecule has 0 N–H and O–H groups in total. The van der Waals surface area contributed by atoms with Crippen LogP contribution < -0.4 is 0 Å². The summed E-state index contributed by atoms with van der Waals surface area (Å²) < 4.78 is 10.5. The fourth-order valence-electron chi connectivity index (χ4n) is 1.69. The molecule has 1 aliphatic rings. The Bertz CT molecular complexity index is 95.4. The first-order valence-electron chi connectivity index (χ1n) is 3.87. The van der Waals surface area contributed by atoms with E-state index in [0.29, 0.717) is 0 Å². The summed E-state index contributed by atoms with van der Waals surface area (Å²) in [5.41, 5.74) is 0.0642. The second kappa shape index (κ2) is 3.35. The summed E-state index contributed by atoms with van der Waals surface area (Å²) in [7, 11) is 3.52. The highest BCUT2D eigenvalue weighted by molar-refractivity contribution is 4.85. The molecule has 1 saturated carbocycles. The zero-order chi connectivity index (χ0) is 7.45. The summed E-state index contributed by atoms with van der Waals surface area (Å²) in [5, 5.41) is 0. The van der Waals surface area contributed by atoms with Crippen LogP contribution in [-0.4, -0.2) is 26.4 Å². The van der Waals surface area contributed by atoms with Crippen molar-refractivity contribution in [2.75, 3.05) is 20.8 Å². The van der Waals surface area contributed by atoms with Crippen LogP contribution in [0.25, 0.3) is 0 Å². The maximum absolute atomic E-state index is 5.41. The molecule has 0 heterocycles. The predicted octanol–water partition coefficient (Wildman–Crippen LogP) is 1.59. The molecular formula is C8H16O2. The van der Waals surface area contributed by atoms with E-state index in [1.54, 1.807) is 14.2 Å². The third-order valence-corrected chi connectivity index (χ3v) is 2.36. The number of hydrogen-bond acceptors (Lipinski definition) is 2. The Balaban J connectivity index is 2.41. The maximum Gasteiger partial charge on any atom is 0.0910 e. The zero-order valence-corrected chi connectivity index (χ0v) is 6.85. The fourth-order valence-corrected chi connectivity index (χ4v) is 1.69. The predicted molar refractivity (Wildman–Crippen MR) is 40.1 cm³/mol. The first kappa shape index (κ1) is 8.02. The van der Waals surface area contributed by atoms with Crippen molar-refractivity contribution in [2.24, 2.45) is 0 Å². The van der Waals surface area contributed by atoms with Crippen LogP contribution >= 0.6 is 0 Å². The molecule has 60 valence electrons. The van der Waals surface area contributed by atoms with E-state index in [9.17, 15) is 0 Å². The Morgan fingerprint density at radius 3 is 2.20 bits per heavy atom. The molecule has 1 rings (SSSR count). The van der Waals surface area contributed by atoms with Gasteiger partial charge in [0.05, 0.1) is 12.2 Å². The van der Waals surface area contributed by atoms with Gasteiger partial charge in [-0.25, -0.2) is 0 Å². The Labute approximate surface area is 62.5 Å². The first-order valence-corrected chi connectivity index (χ1v) is 3.87. The molecule has 1 aliphatic carbocycles. The topological polar surface area (TPSA) is 18.5 Å². The van der Waals surface area contributed by atoms with Crippen molar-refractivity contribution in [1.29, 1.82) is 0 Å². The van der Waals surface area contributed by atoms with Crippen LogP contribution in [0.2, 0.25) is 0 Å². The second-order valence-corrected chi connectivity index (χ2v) is 3.03. The molecule has 2 nitrogen and oxygen atoms in total. The van der Waals surface area contributed by atoms with E-state index in [2.05, 4.69) is 0 Å². The van der Waals surface area contributed by atoms with Crippen molar-refractivity contribution in [1.82, 2.24) is 0 Å². The molecule has 0 saturated heterocycles. The minimum absolute atomic E-state index is 0.0642. The summed E-state index contributed by atoms with van der Waals surface area (Å²) >= 11 is 0. The Morgan fingerprint density at radius 1 is 1.20 bits per heavy atom. The number of rotatable bonds is 3. The van der Waals surface area contributed by atoms with Crippen molar-refractivity contribution < 1.29 is 9.47 Å². The van der Waals surface area contributed by atoms with E-state index < -0.39 is 0 Å². The molecule has 1 fully saturated rings. The van der Waals surface area contributed by atoms with Crippen molar-refractivity contribution in [3.63, 3.8) is 0 Å². The monoisotopic (exact) mass is 144 g/mol. The van der Waals surface area contributed by atoms with Crippen LogP contribution in [-0.2, 0) is 9.47 Å². The van der Waals surface area contributed by atoms with Crippen LogP contribution in [0.1, 0.15) is 25.7 Å². The third-order valence-electron chi connectivity index (χ3n) is 2.36. The minimum atomic E-state index is 0.0642. The van der Waals surface area contributed by atoms with Gasteiger partial charge in [-0.3, -0.25) is 0 Å². The molecule has 0 bridgehead atoms. The van der Waals surface area contributed by atoms with Gasteiger partial charge in [-0.2, -0.15) is 0 Å². The van der Waals surface area contributed by atoms with Crippen molar-refractivity contribution in [3.8, 4) is 0 Å².